The molecule has 8 aromatic rings. The van der Waals surface area contributed by atoms with Gasteiger partial charge in [0.2, 0.25) is 0 Å². The first-order valence-corrected chi connectivity index (χ1v) is 15.3. The van der Waals surface area contributed by atoms with Gasteiger partial charge in [0.25, 0.3) is 0 Å². The summed E-state index contributed by atoms with van der Waals surface area (Å²) in [5.74, 6) is 0. The average molecular weight is 672 g/mol. The fourth-order valence-electron chi connectivity index (χ4n) is 6.87. The second-order valence-electron chi connectivity index (χ2n) is 10.8. The van der Waals surface area contributed by atoms with Crippen LogP contribution < -0.4 is 0 Å². The van der Waals surface area contributed by atoms with Gasteiger partial charge in [-0.15, -0.1) is 0 Å². The molecule has 5 heteroatoms. The highest BCUT2D eigenvalue weighted by Gasteiger charge is 2.48. The molecule has 42 heavy (non-hydrogen) atoms. The Morgan fingerprint density at radius 2 is 1.00 bits per heavy atom. The highest BCUT2D eigenvalue weighted by Crippen LogP contribution is 2.60. The Hall–Kier alpha value is -4.16. The number of para-hydroxylation sites is 2. The van der Waals surface area contributed by atoms with Gasteiger partial charge in [-0.2, -0.15) is 0 Å². The monoisotopic (exact) mass is 670 g/mol. The number of benzene rings is 6. The summed E-state index contributed by atoms with van der Waals surface area (Å²) in [6, 6.07) is 38.5. The van der Waals surface area contributed by atoms with Gasteiger partial charge in [-0.25, -0.2) is 0 Å². The summed E-state index contributed by atoms with van der Waals surface area (Å²) in [6.07, 6.45) is 0. The molecule has 2 aromatic heterocycles. The van der Waals surface area contributed by atoms with Crippen LogP contribution in [0.1, 0.15) is 16.7 Å². The standard InChI is InChI=1S/C37H20Br2O3/c38-27-18-25-33(35-31(27)22-13-5-8-16-29(22)41-35)34-26(19-28(39)32-23-14-6-9-17-30(23)42-36(32)34)37(25,40)24-15-7-4-12-21(24)20-10-2-1-3-11-20/h1-19,40H. The number of hydrogen-bond acceptors (Lipinski definition) is 3. The third-order valence-corrected chi connectivity index (χ3v) is 9.89. The minimum absolute atomic E-state index is 0.721. The lowest BCUT2D eigenvalue weighted by Gasteiger charge is -2.29. The Balaban J connectivity index is 1.51. The molecule has 3 nitrogen and oxygen atoms in total. The molecule has 0 unspecified atom stereocenters. The van der Waals surface area contributed by atoms with Crippen LogP contribution in [0, 0.1) is 0 Å². The van der Waals surface area contributed by atoms with Gasteiger partial charge in [0.05, 0.1) is 0 Å². The van der Waals surface area contributed by atoms with Crippen molar-refractivity contribution in [2.45, 2.75) is 5.60 Å². The Morgan fingerprint density at radius 1 is 0.524 bits per heavy atom. The summed E-state index contributed by atoms with van der Waals surface area (Å²) in [5, 5.41) is 17.3. The molecular formula is C37H20Br2O3. The summed E-state index contributed by atoms with van der Waals surface area (Å²) in [6.45, 7) is 0. The predicted molar refractivity (Wildman–Crippen MR) is 176 cm³/mol. The molecule has 200 valence electrons. The molecule has 1 aliphatic carbocycles. The smallest absolute Gasteiger partial charge is 0.144 e. The zero-order valence-electron chi connectivity index (χ0n) is 22.0. The van der Waals surface area contributed by atoms with Crippen LogP contribution in [0.3, 0.4) is 0 Å². The van der Waals surface area contributed by atoms with E-state index >= 15 is 0 Å². The average Bonchev–Trinajstić information content (AvgIpc) is 3.68. The number of furan rings is 2. The zero-order valence-corrected chi connectivity index (χ0v) is 25.2. The molecule has 6 aromatic carbocycles. The molecule has 0 spiro atoms. The molecule has 0 bridgehead atoms. The molecule has 1 aliphatic rings. The summed E-state index contributed by atoms with van der Waals surface area (Å²) in [7, 11) is 0. The lowest BCUT2D eigenvalue weighted by Crippen LogP contribution is -2.27. The fraction of sp³-hybridized carbons (Fsp3) is 0.0270. The normalized spacial score (nSPS) is 13.8. The van der Waals surface area contributed by atoms with Gasteiger partial charge in [-0.3, -0.25) is 0 Å². The van der Waals surface area contributed by atoms with Crippen LogP contribution in [0.4, 0.5) is 0 Å². The minimum atomic E-state index is -1.50. The Bertz CT molecular complexity index is 2270. The van der Waals surface area contributed by atoms with Crippen molar-refractivity contribution in [3.8, 4) is 22.3 Å². The molecular weight excluding hydrogens is 652 g/mol. The van der Waals surface area contributed by atoms with E-state index in [1.807, 2.05) is 72.8 Å². The highest BCUT2D eigenvalue weighted by atomic mass is 79.9. The van der Waals surface area contributed by atoms with E-state index in [1.165, 1.54) is 0 Å². The van der Waals surface area contributed by atoms with Crippen LogP contribution in [0.2, 0.25) is 0 Å². The Labute approximate surface area is 257 Å². The van der Waals surface area contributed by atoms with Crippen LogP contribution >= 0.6 is 31.9 Å². The summed E-state index contributed by atoms with van der Waals surface area (Å²) in [5.41, 5.74) is 7.51. The highest BCUT2D eigenvalue weighted by molar-refractivity contribution is 9.11. The second-order valence-corrected chi connectivity index (χ2v) is 12.5. The maximum absolute atomic E-state index is 13.3. The van der Waals surface area contributed by atoms with Crippen molar-refractivity contribution >= 4 is 75.7 Å². The third kappa shape index (κ3) is 3.08. The number of halogens is 2. The first-order chi connectivity index (χ1) is 20.6. The molecule has 0 fully saturated rings. The van der Waals surface area contributed by atoms with E-state index in [-0.39, 0.29) is 0 Å². The third-order valence-electron chi connectivity index (χ3n) is 8.63. The molecule has 2 heterocycles. The number of hydrogen-bond donors (Lipinski definition) is 1. The first kappa shape index (κ1) is 24.4. The maximum atomic E-state index is 13.3. The van der Waals surface area contributed by atoms with Crippen molar-refractivity contribution in [1.29, 1.82) is 0 Å². The molecule has 0 saturated heterocycles. The molecule has 9 rings (SSSR count). The summed E-state index contributed by atoms with van der Waals surface area (Å²) in [4.78, 5) is 0. The zero-order chi connectivity index (χ0) is 28.2. The SMILES string of the molecule is OC1(c2ccccc2-c2ccccc2)c2cc(Br)c3c(oc4ccccc43)c2-c2c1cc(Br)c1c2oc2ccccc21. The van der Waals surface area contributed by atoms with Crippen LogP contribution in [0.5, 0.6) is 0 Å². The van der Waals surface area contributed by atoms with Gasteiger partial charge in [0.1, 0.15) is 27.9 Å². The van der Waals surface area contributed by atoms with E-state index in [4.69, 9.17) is 8.83 Å². The quantitative estimate of drug-likeness (QED) is 0.199. The van der Waals surface area contributed by atoms with Crippen LogP contribution in [-0.2, 0) is 5.60 Å². The molecule has 0 saturated carbocycles. The van der Waals surface area contributed by atoms with Crippen molar-refractivity contribution in [2.75, 3.05) is 0 Å². The molecule has 0 amide bonds. The molecule has 0 aliphatic heterocycles. The topological polar surface area (TPSA) is 46.5 Å². The van der Waals surface area contributed by atoms with Gasteiger partial charge >= 0.3 is 0 Å². The fourth-order valence-corrected chi connectivity index (χ4v) is 8.12. The molecule has 0 atom stereocenters. The van der Waals surface area contributed by atoms with E-state index in [0.717, 1.165) is 91.8 Å². The maximum Gasteiger partial charge on any atom is 0.144 e. The number of aliphatic hydroxyl groups is 1. The van der Waals surface area contributed by atoms with Gasteiger partial charge in [-0.05, 0) is 67.3 Å². The van der Waals surface area contributed by atoms with Gasteiger partial charge < -0.3 is 13.9 Å². The summed E-state index contributed by atoms with van der Waals surface area (Å²) < 4.78 is 15.0. The largest absolute Gasteiger partial charge is 0.455 e. The van der Waals surface area contributed by atoms with Crippen LogP contribution in [0.15, 0.2) is 133 Å². The minimum Gasteiger partial charge on any atom is -0.455 e. The van der Waals surface area contributed by atoms with E-state index in [0.29, 0.717) is 0 Å². The van der Waals surface area contributed by atoms with Crippen molar-refractivity contribution < 1.29 is 13.9 Å². The predicted octanol–water partition coefficient (Wildman–Crippen LogP) is 10.9. The second kappa shape index (κ2) is 8.68. The van der Waals surface area contributed by atoms with Gasteiger partial charge in [0.15, 0.2) is 0 Å². The molecule has 0 radical (unpaired) electrons. The number of rotatable bonds is 2. The van der Waals surface area contributed by atoms with E-state index < -0.39 is 5.60 Å². The van der Waals surface area contributed by atoms with Gasteiger partial charge in [-0.1, -0.05) is 91.0 Å². The van der Waals surface area contributed by atoms with Crippen LogP contribution in [0.25, 0.3) is 66.1 Å². The van der Waals surface area contributed by atoms with E-state index in [2.05, 4.69) is 74.3 Å². The van der Waals surface area contributed by atoms with Gasteiger partial charge in [0, 0.05) is 58.3 Å². The van der Waals surface area contributed by atoms with E-state index in [1.54, 1.807) is 0 Å². The summed E-state index contributed by atoms with van der Waals surface area (Å²) >= 11 is 7.74. The number of fused-ring (bicyclic) bond motifs is 11. The van der Waals surface area contributed by atoms with Crippen molar-refractivity contribution in [3.05, 3.63) is 141 Å². The molecule has 1 N–H and O–H groups in total. The first-order valence-electron chi connectivity index (χ1n) is 13.7. The Kier molecular flexibility index (Phi) is 5.05. The lowest BCUT2D eigenvalue weighted by molar-refractivity contribution is 0.131. The van der Waals surface area contributed by atoms with Crippen molar-refractivity contribution in [2.24, 2.45) is 0 Å². The Morgan fingerprint density at radius 3 is 1.57 bits per heavy atom. The lowest BCUT2D eigenvalue weighted by atomic mass is 9.80. The van der Waals surface area contributed by atoms with Crippen molar-refractivity contribution in [3.63, 3.8) is 0 Å². The van der Waals surface area contributed by atoms with E-state index in [9.17, 15) is 5.11 Å². The van der Waals surface area contributed by atoms with Crippen molar-refractivity contribution in [1.82, 2.24) is 0 Å². The van der Waals surface area contributed by atoms with Crippen LogP contribution in [-0.4, -0.2) is 5.11 Å².